The van der Waals surface area contributed by atoms with E-state index in [1.54, 1.807) is 6.07 Å². The second kappa shape index (κ2) is 3.26. The van der Waals surface area contributed by atoms with Crippen LogP contribution in [0.15, 0.2) is 12.1 Å². The molecule has 0 spiro atoms. The monoisotopic (exact) mass is 181 g/mol. The zero-order valence-corrected chi connectivity index (χ0v) is 7.98. The Morgan fingerprint density at radius 2 is 2.25 bits per heavy atom. The summed E-state index contributed by atoms with van der Waals surface area (Å²) in [4.78, 5) is 1.76. The minimum atomic E-state index is -0.222. The molecule has 0 radical (unpaired) electrons. The van der Waals surface area contributed by atoms with E-state index in [9.17, 15) is 0 Å². The third-order valence-corrected chi connectivity index (χ3v) is 3.13. The highest BCUT2D eigenvalue weighted by molar-refractivity contribution is 7.12. The summed E-state index contributed by atoms with van der Waals surface area (Å²) in [6.07, 6.45) is 0. The summed E-state index contributed by atoms with van der Waals surface area (Å²) in [7, 11) is 0. The number of nitriles is 1. The molecule has 0 aliphatic carbocycles. The predicted molar refractivity (Wildman–Crippen MR) is 49.1 cm³/mol. The van der Waals surface area contributed by atoms with Gasteiger partial charge in [-0.1, -0.05) is 13.8 Å². The van der Waals surface area contributed by atoms with Crippen molar-refractivity contribution in [1.82, 2.24) is 0 Å². The van der Waals surface area contributed by atoms with Crippen molar-refractivity contribution in [2.75, 3.05) is 6.61 Å². The summed E-state index contributed by atoms with van der Waals surface area (Å²) < 4.78 is 0. The van der Waals surface area contributed by atoms with Gasteiger partial charge < -0.3 is 5.11 Å². The van der Waals surface area contributed by atoms with E-state index in [1.165, 1.54) is 11.3 Å². The summed E-state index contributed by atoms with van der Waals surface area (Å²) in [6.45, 7) is 4.03. The van der Waals surface area contributed by atoms with E-state index < -0.39 is 0 Å². The van der Waals surface area contributed by atoms with Crippen LogP contribution in [0.25, 0.3) is 0 Å². The Morgan fingerprint density at radius 1 is 1.58 bits per heavy atom. The van der Waals surface area contributed by atoms with E-state index >= 15 is 0 Å². The summed E-state index contributed by atoms with van der Waals surface area (Å²) in [6, 6.07) is 5.77. The number of hydrogen-bond donors (Lipinski definition) is 1. The molecule has 1 rings (SSSR count). The molecule has 2 nitrogen and oxygen atoms in total. The lowest BCUT2D eigenvalue weighted by molar-refractivity contribution is 0.221. The number of thiophene rings is 1. The first kappa shape index (κ1) is 9.24. The first-order chi connectivity index (χ1) is 5.60. The molecule has 3 heteroatoms. The predicted octanol–water partition coefficient (Wildman–Crippen LogP) is 1.89. The molecule has 1 heterocycles. The standard InChI is InChI=1S/C9H11NOS/c1-9(2,6-11)8-4-3-7(5-10)12-8/h3-4,11H,6H2,1-2H3. The van der Waals surface area contributed by atoms with Crippen LogP contribution in [0, 0.1) is 11.3 Å². The molecular formula is C9H11NOS. The molecule has 1 aromatic rings. The van der Waals surface area contributed by atoms with Crippen molar-refractivity contribution in [3.63, 3.8) is 0 Å². The quantitative estimate of drug-likeness (QED) is 0.757. The SMILES string of the molecule is CC(C)(CO)c1ccc(C#N)s1. The molecule has 0 bridgehead atoms. The van der Waals surface area contributed by atoms with Crippen molar-refractivity contribution in [1.29, 1.82) is 5.26 Å². The van der Waals surface area contributed by atoms with E-state index in [-0.39, 0.29) is 12.0 Å². The van der Waals surface area contributed by atoms with Gasteiger partial charge in [-0.3, -0.25) is 0 Å². The Labute approximate surface area is 76.1 Å². The second-order valence-corrected chi connectivity index (χ2v) is 4.40. The molecule has 0 fully saturated rings. The average molecular weight is 181 g/mol. The third-order valence-electron chi connectivity index (χ3n) is 1.78. The Morgan fingerprint density at radius 3 is 2.67 bits per heavy atom. The zero-order chi connectivity index (χ0) is 9.19. The molecule has 0 atom stereocenters. The van der Waals surface area contributed by atoms with Crippen molar-refractivity contribution < 1.29 is 5.11 Å². The van der Waals surface area contributed by atoms with Gasteiger partial charge >= 0.3 is 0 Å². The highest BCUT2D eigenvalue weighted by atomic mass is 32.1. The second-order valence-electron chi connectivity index (χ2n) is 3.32. The van der Waals surface area contributed by atoms with Gasteiger partial charge in [0.05, 0.1) is 6.61 Å². The smallest absolute Gasteiger partial charge is 0.110 e. The van der Waals surface area contributed by atoms with Gasteiger partial charge in [-0.25, -0.2) is 0 Å². The van der Waals surface area contributed by atoms with Crippen molar-refractivity contribution in [3.8, 4) is 6.07 Å². The largest absolute Gasteiger partial charge is 0.395 e. The first-order valence-electron chi connectivity index (χ1n) is 3.71. The van der Waals surface area contributed by atoms with Gasteiger partial charge in [-0.15, -0.1) is 11.3 Å². The maximum Gasteiger partial charge on any atom is 0.110 e. The first-order valence-corrected chi connectivity index (χ1v) is 4.53. The maximum atomic E-state index is 9.05. The number of hydrogen-bond acceptors (Lipinski definition) is 3. The van der Waals surface area contributed by atoms with Crippen molar-refractivity contribution >= 4 is 11.3 Å². The molecule has 0 saturated heterocycles. The Hall–Kier alpha value is -0.850. The maximum absolute atomic E-state index is 9.05. The molecule has 1 N–H and O–H groups in total. The molecule has 0 aromatic carbocycles. The van der Waals surface area contributed by atoms with E-state index in [0.717, 1.165) is 4.88 Å². The van der Waals surface area contributed by atoms with Crippen molar-refractivity contribution in [2.24, 2.45) is 0 Å². The minimum Gasteiger partial charge on any atom is -0.395 e. The van der Waals surface area contributed by atoms with Crippen LogP contribution in [0.1, 0.15) is 23.6 Å². The summed E-state index contributed by atoms with van der Waals surface area (Å²) >= 11 is 1.44. The lowest BCUT2D eigenvalue weighted by Crippen LogP contribution is -2.20. The average Bonchev–Trinajstić information content (AvgIpc) is 2.52. The number of aliphatic hydroxyl groups excluding tert-OH is 1. The van der Waals surface area contributed by atoms with E-state index in [4.69, 9.17) is 10.4 Å². The molecule has 1 aromatic heterocycles. The number of aliphatic hydroxyl groups is 1. The normalized spacial score (nSPS) is 11.2. The Bertz CT molecular complexity index is 309. The van der Waals surface area contributed by atoms with Crippen LogP contribution < -0.4 is 0 Å². The van der Waals surface area contributed by atoms with Gasteiger partial charge in [0.25, 0.3) is 0 Å². The Kier molecular flexibility index (Phi) is 2.51. The number of rotatable bonds is 2. The molecule has 12 heavy (non-hydrogen) atoms. The zero-order valence-electron chi connectivity index (χ0n) is 7.16. The molecule has 0 saturated carbocycles. The van der Waals surface area contributed by atoms with Gasteiger partial charge in [-0.2, -0.15) is 5.26 Å². The topological polar surface area (TPSA) is 44.0 Å². The van der Waals surface area contributed by atoms with Crippen molar-refractivity contribution in [3.05, 3.63) is 21.9 Å². The molecule has 0 aliphatic heterocycles. The van der Waals surface area contributed by atoms with Crippen LogP contribution in [-0.4, -0.2) is 11.7 Å². The van der Waals surface area contributed by atoms with Crippen LogP contribution in [0.5, 0.6) is 0 Å². The van der Waals surface area contributed by atoms with Crippen LogP contribution in [0.3, 0.4) is 0 Å². The van der Waals surface area contributed by atoms with Gasteiger partial charge in [0.2, 0.25) is 0 Å². The van der Waals surface area contributed by atoms with Gasteiger partial charge in [0.15, 0.2) is 0 Å². The highest BCUT2D eigenvalue weighted by Crippen LogP contribution is 2.28. The summed E-state index contributed by atoms with van der Waals surface area (Å²) in [5.74, 6) is 0. The Balaban J connectivity index is 2.98. The molecule has 0 unspecified atom stereocenters. The van der Waals surface area contributed by atoms with Gasteiger partial charge in [0, 0.05) is 10.3 Å². The highest BCUT2D eigenvalue weighted by Gasteiger charge is 2.21. The van der Waals surface area contributed by atoms with Crippen LogP contribution in [-0.2, 0) is 5.41 Å². The molecule has 0 aliphatic rings. The molecular weight excluding hydrogens is 170 g/mol. The summed E-state index contributed by atoms with van der Waals surface area (Å²) in [5, 5.41) is 17.6. The lowest BCUT2D eigenvalue weighted by atomic mass is 9.93. The van der Waals surface area contributed by atoms with Crippen LogP contribution in [0.4, 0.5) is 0 Å². The summed E-state index contributed by atoms with van der Waals surface area (Å²) in [5.41, 5.74) is -0.222. The van der Waals surface area contributed by atoms with E-state index in [2.05, 4.69) is 6.07 Å². The fraction of sp³-hybridized carbons (Fsp3) is 0.444. The molecule has 0 amide bonds. The lowest BCUT2D eigenvalue weighted by Gasteiger charge is -2.18. The third kappa shape index (κ3) is 1.66. The fourth-order valence-corrected chi connectivity index (χ4v) is 1.74. The van der Waals surface area contributed by atoms with Crippen LogP contribution >= 0.6 is 11.3 Å². The fourth-order valence-electron chi connectivity index (χ4n) is 0.840. The van der Waals surface area contributed by atoms with E-state index in [0.29, 0.717) is 4.88 Å². The minimum absolute atomic E-state index is 0.110. The molecule has 64 valence electrons. The van der Waals surface area contributed by atoms with Gasteiger partial charge in [0.1, 0.15) is 10.9 Å². The number of nitrogens with zero attached hydrogens (tertiary/aromatic N) is 1. The van der Waals surface area contributed by atoms with Gasteiger partial charge in [-0.05, 0) is 12.1 Å². The van der Waals surface area contributed by atoms with E-state index in [1.807, 2.05) is 19.9 Å². The van der Waals surface area contributed by atoms with Crippen LogP contribution in [0.2, 0.25) is 0 Å². The van der Waals surface area contributed by atoms with Crippen molar-refractivity contribution in [2.45, 2.75) is 19.3 Å².